The Hall–Kier alpha value is -1.22. The number of fused-ring (bicyclic) bond motifs is 1. The smallest absolute Gasteiger partial charge is 0.172 e. The second-order valence-corrected chi connectivity index (χ2v) is 3.13. The maximum atomic E-state index is 5.27. The number of benzene rings is 1. The predicted octanol–water partition coefficient (Wildman–Crippen LogP) is 2.16. The molecule has 75 valence electrons. The average Bonchev–Trinajstić information content (AvgIpc) is 2.42. The number of rotatable bonds is 2. The monoisotopic (exact) mass is 193 g/mol. The third kappa shape index (κ3) is 1.99. The summed E-state index contributed by atoms with van der Waals surface area (Å²) in [7, 11) is 0. The molecule has 0 spiro atoms. The molecule has 0 unspecified atom stereocenters. The lowest BCUT2D eigenvalue weighted by Crippen LogP contribution is -1.97. The topological polar surface area (TPSA) is 27.7 Å². The molecular weight excluding hydrogens is 180 g/mol. The van der Waals surface area contributed by atoms with Crippen LogP contribution in [0, 0.1) is 6.92 Å². The molecule has 0 bridgehead atoms. The number of aryl methyl sites for hydroxylation is 1. The van der Waals surface area contributed by atoms with Crippen molar-refractivity contribution in [1.82, 2.24) is 0 Å². The first-order chi connectivity index (χ1) is 6.90. The summed E-state index contributed by atoms with van der Waals surface area (Å²) in [5.41, 5.74) is 1.17. The molecule has 0 aromatic heterocycles. The molecular formula is C11H13O3. The molecule has 2 rings (SSSR count). The van der Waals surface area contributed by atoms with Crippen molar-refractivity contribution in [2.75, 3.05) is 13.2 Å². The highest BCUT2D eigenvalue weighted by molar-refractivity contribution is 5.40. The summed E-state index contributed by atoms with van der Waals surface area (Å²) in [6, 6.07) is 5.78. The van der Waals surface area contributed by atoms with Gasteiger partial charge in [0, 0.05) is 6.07 Å². The van der Waals surface area contributed by atoms with Gasteiger partial charge in [-0.25, -0.2) is 0 Å². The number of hydrogen-bond donors (Lipinski definition) is 0. The van der Waals surface area contributed by atoms with Crippen LogP contribution in [-0.2, 0) is 11.3 Å². The molecule has 1 radical (unpaired) electrons. The largest absolute Gasteiger partial charge is 0.493 e. The van der Waals surface area contributed by atoms with Crippen LogP contribution in [0.2, 0.25) is 0 Å². The maximum Gasteiger partial charge on any atom is 0.172 e. The van der Waals surface area contributed by atoms with Crippen molar-refractivity contribution in [2.45, 2.75) is 12.8 Å². The predicted molar refractivity (Wildman–Crippen MR) is 52.2 cm³/mol. The molecule has 1 aliphatic rings. The van der Waals surface area contributed by atoms with E-state index in [-0.39, 0.29) is 0 Å². The molecule has 3 heteroatoms. The highest BCUT2D eigenvalue weighted by atomic mass is 17.2. The Morgan fingerprint density at radius 3 is 3.21 bits per heavy atom. The zero-order valence-corrected chi connectivity index (χ0v) is 7.99. The van der Waals surface area contributed by atoms with E-state index in [9.17, 15) is 0 Å². The fourth-order valence-corrected chi connectivity index (χ4v) is 1.45. The first kappa shape index (κ1) is 9.34. The summed E-state index contributed by atoms with van der Waals surface area (Å²) in [6.45, 7) is 4.67. The molecule has 0 saturated heterocycles. The van der Waals surface area contributed by atoms with E-state index >= 15 is 0 Å². The summed E-state index contributed by atoms with van der Waals surface area (Å²) in [4.78, 5) is 10.1. The lowest BCUT2D eigenvalue weighted by molar-refractivity contribution is -0.203. The lowest BCUT2D eigenvalue weighted by Gasteiger charge is -2.07. The molecule has 0 atom stereocenters. The Kier molecular flexibility index (Phi) is 2.89. The van der Waals surface area contributed by atoms with E-state index in [0.29, 0.717) is 13.2 Å². The normalized spacial score (nSPS) is 15.2. The molecule has 0 N–H and O–H groups in total. The van der Waals surface area contributed by atoms with Gasteiger partial charge in [0.05, 0.1) is 13.2 Å². The summed E-state index contributed by atoms with van der Waals surface area (Å²) < 4.78 is 5.27. The Balaban J connectivity index is 2.23. The molecule has 3 nitrogen and oxygen atoms in total. The minimum atomic E-state index is 0.416. The third-order valence-corrected chi connectivity index (χ3v) is 2.13. The molecule has 1 heterocycles. The molecule has 1 aromatic carbocycles. The van der Waals surface area contributed by atoms with E-state index in [1.165, 1.54) is 5.56 Å². The first-order valence-electron chi connectivity index (χ1n) is 4.74. The van der Waals surface area contributed by atoms with Gasteiger partial charge in [-0.15, -0.1) is 0 Å². The standard InChI is InChI=1S/C11H13O3/c1-2-12-10-6-5-9-4-3-7-13-14-11(9)8-10/h5-6,8H,1-4,7H2. The van der Waals surface area contributed by atoms with Crippen molar-refractivity contribution >= 4 is 0 Å². The Bertz CT molecular complexity index is 309. The Labute approximate surface area is 83.5 Å². The SMILES string of the molecule is [CH2]COc1ccc2c(c1)OOCCC2. The fraction of sp³-hybridized carbons (Fsp3) is 0.364. The maximum absolute atomic E-state index is 5.27. The van der Waals surface area contributed by atoms with Gasteiger partial charge in [0.15, 0.2) is 5.75 Å². The van der Waals surface area contributed by atoms with Gasteiger partial charge in [-0.3, -0.25) is 0 Å². The van der Waals surface area contributed by atoms with Crippen molar-refractivity contribution in [2.24, 2.45) is 0 Å². The zero-order chi connectivity index (χ0) is 9.80. The van der Waals surface area contributed by atoms with E-state index in [1.807, 2.05) is 18.2 Å². The highest BCUT2D eigenvalue weighted by Gasteiger charge is 2.10. The average molecular weight is 193 g/mol. The van der Waals surface area contributed by atoms with Crippen molar-refractivity contribution in [3.63, 3.8) is 0 Å². The molecule has 0 amide bonds. The lowest BCUT2D eigenvalue weighted by atomic mass is 10.1. The summed E-state index contributed by atoms with van der Waals surface area (Å²) in [5, 5.41) is 0. The minimum Gasteiger partial charge on any atom is -0.493 e. The van der Waals surface area contributed by atoms with Crippen LogP contribution in [0.5, 0.6) is 11.5 Å². The molecule has 1 aliphatic heterocycles. The van der Waals surface area contributed by atoms with Gasteiger partial charge < -0.3 is 9.62 Å². The van der Waals surface area contributed by atoms with Crippen LogP contribution < -0.4 is 9.62 Å². The van der Waals surface area contributed by atoms with Gasteiger partial charge in [0.25, 0.3) is 0 Å². The van der Waals surface area contributed by atoms with Crippen LogP contribution in [0.1, 0.15) is 12.0 Å². The number of hydrogen-bond acceptors (Lipinski definition) is 3. The Morgan fingerprint density at radius 2 is 2.36 bits per heavy atom. The molecule has 14 heavy (non-hydrogen) atoms. The van der Waals surface area contributed by atoms with Gasteiger partial charge >= 0.3 is 0 Å². The third-order valence-electron chi connectivity index (χ3n) is 2.13. The van der Waals surface area contributed by atoms with Crippen LogP contribution >= 0.6 is 0 Å². The van der Waals surface area contributed by atoms with E-state index < -0.39 is 0 Å². The second kappa shape index (κ2) is 4.33. The molecule has 0 aliphatic carbocycles. The van der Waals surface area contributed by atoms with Crippen LogP contribution in [0.15, 0.2) is 18.2 Å². The van der Waals surface area contributed by atoms with Crippen LogP contribution in [0.3, 0.4) is 0 Å². The van der Waals surface area contributed by atoms with Gasteiger partial charge in [-0.2, -0.15) is 4.89 Å². The van der Waals surface area contributed by atoms with E-state index in [2.05, 4.69) is 6.92 Å². The summed E-state index contributed by atoms with van der Waals surface area (Å²) in [6.07, 6.45) is 1.97. The highest BCUT2D eigenvalue weighted by Crippen LogP contribution is 2.27. The van der Waals surface area contributed by atoms with Gasteiger partial charge in [-0.05, 0) is 31.4 Å². The zero-order valence-electron chi connectivity index (χ0n) is 7.99. The van der Waals surface area contributed by atoms with Crippen molar-refractivity contribution in [3.8, 4) is 11.5 Å². The van der Waals surface area contributed by atoms with Crippen LogP contribution in [0.4, 0.5) is 0 Å². The van der Waals surface area contributed by atoms with E-state index in [4.69, 9.17) is 14.5 Å². The van der Waals surface area contributed by atoms with Crippen molar-refractivity contribution < 1.29 is 14.5 Å². The molecule has 0 fully saturated rings. The van der Waals surface area contributed by atoms with Crippen molar-refractivity contribution in [3.05, 3.63) is 30.7 Å². The van der Waals surface area contributed by atoms with Gasteiger partial charge in [0.1, 0.15) is 5.75 Å². The quantitative estimate of drug-likeness (QED) is 0.673. The van der Waals surface area contributed by atoms with Crippen LogP contribution in [-0.4, -0.2) is 13.2 Å². The first-order valence-corrected chi connectivity index (χ1v) is 4.74. The van der Waals surface area contributed by atoms with Gasteiger partial charge in [-0.1, -0.05) is 6.07 Å². The van der Waals surface area contributed by atoms with E-state index in [1.54, 1.807) is 0 Å². The Morgan fingerprint density at radius 1 is 1.43 bits per heavy atom. The summed E-state index contributed by atoms with van der Waals surface area (Å²) >= 11 is 0. The molecule has 0 saturated carbocycles. The van der Waals surface area contributed by atoms with Crippen molar-refractivity contribution in [1.29, 1.82) is 0 Å². The van der Waals surface area contributed by atoms with Crippen LogP contribution in [0.25, 0.3) is 0 Å². The molecule has 1 aromatic rings. The van der Waals surface area contributed by atoms with E-state index in [0.717, 1.165) is 24.3 Å². The number of ether oxygens (including phenoxy) is 1. The second-order valence-electron chi connectivity index (χ2n) is 3.13. The minimum absolute atomic E-state index is 0.416. The van der Waals surface area contributed by atoms with Gasteiger partial charge in [0.2, 0.25) is 0 Å². The fourth-order valence-electron chi connectivity index (χ4n) is 1.45. The summed E-state index contributed by atoms with van der Waals surface area (Å²) in [5.74, 6) is 1.53.